The predicted molar refractivity (Wildman–Crippen MR) is 122 cm³/mol. The fourth-order valence-electron chi connectivity index (χ4n) is 2.89. The van der Waals surface area contributed by atoms with Crippen LogP contribution in [0.1, 0.15) is 21.5 Å². The van der Waals surface area contributed by atoms with E-state index in [1.807, 2.05) is 38.1 Å². The summed E-state index contributed by atoms with van der Waals surface area (Å²) in [7, 11) is 0. The van der Waals surface area contributed by atoms with E-state index < -0.39 is 0 Å². The van der Waals surface area contributed by atoms with Crippen LogP contribution in [-0.4, -0.2) is 21.0 Å². The number of anilines is 1. The van der Waals surface area contributed by atoms with Crippen molar-refractivity contribution in [3.05, 3.63) is 76.4 Å². The lowest BCUT2D eigenvalue weighted by Crippen LogP contribution is -2.34. The second-order valence-corrected chi connectivity index (χ2v) is 7.56. The van der Waals surface area contributed by atoms with E-state index in [0.29, 0.717) is 27.7 Å². The Morgan fingerprint density at radius 3 is 2.67 bits per heavy atom. The van der Waals surface area contributed by atoms with E-state index in [2.05, 4.69) is 20.6 Å². The average molecular weight is 437 g/mol. The van der Waals surface area contributed by atoms with Crippen molar-refractivity contribution in [2.75, 3.05) is 5.32 Å². The molecular weight excluding hydrogens is 420 g/mol. The number of aryl methyl sites for hydroxylation is 2. The van der Waals surface area contributed by atoms with Crippen LogP contribution in [0.15, 0.2) is 59.1 Å². The molecule has 0 bridgehead atoms. The van der Waals surface area contributed by atoms with E-state index in [1.165, 1.54) is 0 Å². The lowest BCUT2D eigenvalue weighted by atomic mass is 10.1. The van der Waals surface area contributed by atoms with Gasteiger partial charge in [0.25, 0.3) is 5.91 Å². The quantitative estimate of drug-likeness (QED) is 0.425. The number of rotatable bonds is 3. The first-order valence-electron chi connectivity index (χ1n) is 9.12. The number of amides is 1. The monoisotopic (exact) mass is 436 g/mol. The number of nitrogens with zero attached hydrogens (tertiary/aromatic N) is 2. The van der Waals surface area contributed by atoms with Gasteiger partial charge in [-0.05, 0) is 79.7 Å². The van der Waals surface area contributed by atoms with E-state index in [9.17, 15) is 4.79 Å². The molecule has 0 spiro atoms. The molecule has 1 amide bonds. The van der Waals surface area contributed by atoms with E-state index in [0.717, 1.165) is 22.4 Å². The molecule has 30 heavy (non-hydrogen) atoms. The predicted octanol–water partition coefficient (Wildman–Crippen LogP) is 5.29. The lowest BCUT2D eigenvalue weighted by molar-refractivity contribution is 0.0977. The molecule has 150 valence electrons. The molecule has 0 saturated carbocycles. The summed E-state index contributed by atoms with van der Waals surface area (Å²) in [6, 6.07) is 14.4. The first-order chi connectivity index (χ1) is 14.4. The molecule has 2 heterocycles. The summed E-state index contributed by atoms with van der Waals surface area (Å²) < 4.78 is 5.76. The Morgan fingerprint density at radius 2 is 1.93 bits per heavy atom. The molecule has 2 aromatic carbocycles. The maximum atomic E-state index is 12.4. The number of carbonyl (C=O) groups is 1. The average Bonchev–Trinajstić information content (AvgIpc) is 3.15. The minimum atomic E-state index is -0.331. The molecule has 0 fully saturated rings. The lowest BCUT2D eigenvalue weighted by Gasteiger charge is -2.12. The summed E-state index contributed by atoms with van der Waals surface area (Å²) >= 11 is 11.4. The SMILES string of the molecule is Cc1ccc(C(=O)NC(=S)Nc2ccc(-c3nc4ncccc4o3)cc2C)cc1Cl. The normalized spacial score (nSPS) is 10.8. The van der Waals surface area contributed by atoms with E-state index >= 15 is 0 Å². The van der Waals surface area contributed by atoms with Gasteiger partial charge in [-0.3, -0.25) is 10.1 Å². The minimum Gasteiger partial charge on any atom is -0.434 e. The second-order valence-electron chi connectivity index (χ2n) is 6.75. The van der Waals surface area contributed by atoms with Gasteiger partial charge in [0.15, 0.2) is 16.3 Å². The molecule has 0 aliphatic rings. The highest BCUT2D eigenvalue weighted by atomic mass is 35.5. The fraction of sp³-hybridized carbons (Fsp3) is 0.0909. The summed E-state index contributed by atoms with van der Waals surface area (Å²) in [5.41, 5.74) is 5.03. The second kappa shape index (κ2) is 8.22. The molecule has 4 rings (SSSR count). The van der Waals surface area contributed by atoms with Crippen LogP contribution < -0.4 is 10.6 Å². The first kappa shape index (κ1) is 20.0. The van der Waals surface area contributed by atoms with Gasteiger partial charge in [0.05, 0.1) is 0 Å². The maximum Gasteiger partial charge on any atom is 0.257 e. The largest absolute Gasteiger partial charge is 0.434 e. The number of hydrogen-bond donors (Lipinski definition) is 2. The maximum absolute atomic E-state index is 12.4. The van der Waals surface area contributed by atoms with Crippen LogP contribution in [0, 0.1) is 13.8 Å². The van der Waals surface area contributed by atoms with Crippen molar-refractivity contribution in [2.24, 2.45) is 0 Å². The summed E-state index contributed by atoms with van der Waals surface area (Å²) in [6.45, 7) is 3.80. The molecule has 4 aromatic rings. The van der Waals surface area contributed by atoms with Crippen molar-refractivity contribution in [3.63, 3.8) is 0 Å². The van der Waals surface area contributed by atoms with Crippen LogP contribution in [0.4, 0.5) is 5.69 Å². The Balaban J connectivity index is 1.47. The Labute approximate surface area is 183 Å². The van der Waals surface area contributed by atoms with Crippen molar-refractivity contribution in [1.82, 2.24) is 15.3 Å². The topological polar surface area (TPSA) is 80.0 Å². The number of aromatic nitrogens is 2. The van der Waals surface area contributed by atoms with Gasteiger partial charge in [-0.25, -0.2) is 4.98 Å². The number of nitrogens with one attached hydrogen (secondary N) is 2. The summed E-state index contributed by atoms with van der Waals surface area (Å²) in [5, 5.41) is 6.43. The number of thiocarbonyl (C=S) groups is 1. The van der Waals surface area contributed by atoms with Crippen LogP contribution in [0.5, 0.6) is 0 Å². The Morgan fingerprint density at radius 1 is 1.10 bits per heavy atom. The third kappa shape index (κ3) is 4.17. The van der Waals surface area contributed by atoms with Crippen molar-refractivity contribution >= 4 is 51.8 Å². The third-order valence-electron chi connectivity index (χ3n) is 4.55. The molecule has 0 saturated heterocycles. The van der Waals surface area contributed by atoms with E-state index in [-0.39, 0.29) is 11.0 Å². The van der Waals surface area contributed by atoms with Crippen molar-refractivity contribution < 1.29 is 9.21 Å². The number of benzene rings is 2. The molecule has 8 heteroatoms. The van der Waals surface area contributed by atoms with Gasteiger partial charge < -0.3 is 9.73 Å². The van der Waals surface area contributed by atoms with Crippen LogP contribution in [0.25, 0.3) is 22.7 Å². The van der Waals surface area contributed by atoms with Gasteiger partial charge in [0.1, 0.15) is 0 Å². The van der Waals surface area contributed by atoms with Gasteiger partial charge in [-0.15, -0.1) is 0 Å². The zero-order valence-corrected chi connectivity index (χ0v) is 17.8. The highest BCUT2D eigenvalue weighted by Crippen LogP contribution is 2.26. The van der Waals surface area contributed by atoms with Crippen molar-refractivity contribution in [3.8, 4) is 11.5 Å². The van der Waals surface area contributed by atoms with E-state index in [4.69, 9.17) is 28.2 Å². The first-order valence-corrected chi connectivity index (χ1v) is 9.90. The number of halogens is 1. The Hall–Kier alpha value is -3.29. The molecule has 2 aromatic heterocycles. The molecule has 6 nitrogen and oxygen atoms in total. The Bertz CT molecular complexity index is 1250. The molecule has 0 aliphatic heterocycles. The zero-order chi connectivity index (χ0) is 21.3. The number of pyridine rings is 1. The Kier molecular flexibility index (Phi) is 5.48. The number of carbonyl (C=O) groups excluding carboxylic acids is 1. The van der Waals surface area contributed by atoms with E-state index in [1.54, 1.807) is 30.5 Å². The van der Waals surface area contributed by atoms with Crippen LogP contribution >= 0.6 is 23.8 Å². The highest BCUT2D eigenvalue weighted by Gasteiger charge is 2.13. The number of oxazole rings is 1. The van der Waals surface area contributed by atoms with Gasteiger partial charge in [0.2, 0.25) is 5.89 Å². The van der Waals surface area contributed by atoms with Gasteiger partial charge >= 0.3 is 0 Å². The fourth-order valence-corrected chi connectivity index (χ4v) is 3.28. The van der Waals surface area contributed by atoms with Gasteiger partial charge in [-0.1, -0.05) is 17.7 Å². The minimum absolute atomic E-state index is 0.193. The molecule has 0 aliphatic carbocycles. The van der Waals surface area contributed by atoms with Gasteiger partial charge in [-0.2, -0.15) is 4.98 Å². The molecule has 0 atom stereocenters. The summed E-state index contributed by atoms with van der Waals surface area (Å²) in [5.74, 6) is 0.160. The summed E-state index contributed by atoms with van der Waals surface area (Å²) in [4.78, 5) is 21.0. The van der Waals surface area contributed by atoms with Crippen molar-refractivity contribution in [2.45, 2.75) is 13.8 Å². The summed E-state index contributed by atoms with van der Waals surface area (Å²) in [6.07, 6.45) is 1.67. The number of hydrogen-bond acceptors (Lipinski definition) is 5. The molecule has 0 unspecified atom stereocenters. The van der Waals surface area contributed by atoms with Crippen LogP contribution in [0.2, 0.25) is 5.02 Å². The zero-order valence-electron chi connectivity index (χ0n) is 16.2. The number of fused-ring (bicyclic) bond motifs is 1. The highest BCUT2D eigenvalue weighted by molar-refractivity contribution is 7.80. The smallest absolute Gasteiger partial charge is 0.257 e. The molecular formula is C22H17ClN4O2S. The molecule has 0 radical (unpaired) electrons. The van der Waals surface area contributed by atoms with Gasteiger partial charge in [0, 0.05) is 28.0 Å². The van der Waals surface area contributed by atoms with Crippen LogP contribution in [-0.2, 0) is 0 Å². The molecule has 2 N–H and O–H groups in total. The van der Waals surface area contributed by atoms with Crippen LogP contribution in [0.3, 0.4) is 0 Å². The standard InChI is InChI=1S/C22H17ClN4O2S/c1-12-5-6-14(11-16(12)23)20(28)27-22(30)25-17-8-7-15(10-13(17)2)21-26-19-18(29-21)4-3-9-24-19/h3-11H,1-2H3,(H2,25,27,28,30). The third-order valence-corrected chi connectivity index (χ3v) is 5.16. The van der Waals surface area contributed by atoms with Crippen molar-refractivity contribution in [1.29, 1.82) is 0 Å².